The lowest BCUT2D eigenvalue weighted by Crippen LogP contribution is -2.28. The third-order valence-corrected chi connectivity index (χ3v) is 6.10. The molecule has 0 fully saturated rings. The van der Waals surface area contributed by atoms with Gasteiger partial charge in [0.15, 0.2) is 0 Å². The molecule has 0 saturated heterocycles. The summed E-state index contributed by atoms with van der Waals surface area (Å²) in [4.78, 5) is 17.1. The Labute approximate surface area is 193 Å². The molecule has 0 aliphatic heterocycles. The molecule has 3 aromatic rings. The summed E-state index contributed by atoms with van der Waals surface area (Å²) in [6.45, 7) is 3.89. The van der Waals surface area contributed by atoms with Gasteiger partial charge in [-0.05, 0) is 24.1 Å². The number of aromatic nitrogens is 2. The molecule has 1 aromatic heterocycles. The zero-order valence-corrected chi connectivity index (χ0v) is 19.7. The molecule has 1 amide bonds. The van der Waals surface area contributed by atoms with E-state index in [1.165, 1.54) is 63.3 Å². The van der Waals surface area contributed by atoms with E-state index in [9.17, 15) is 4.79 Å². The number of fused-ring (bicyclic) bond motifs is 1. The first-order valence-electron chi connectivity index (χ1n) is 12.5. The van der Waals surface area contributed by atoms with Crippen LogP contribution in [-0.4, -0.2) is 22.0 Å². The number of rotatable bonds is 15. The van der Waals surface area contributed by atoms with E-state index in [1.54, 1.807) is 0 Å². The van der Waals surface area contributed by atoms with Gasteiger partial charge in [-0.1, -0.05) is 101 Å². The molecule has 0 bridgehead atoms. The molecular weight excluding hydrogens is 394 g/mol. The highest BCUT2D eigenvalue weighted by molar-refractivity contribution is 5.78. The summed E-state index contributed by atoms with van der Waals surface area (Å²) in [5, 5.41) is 3.06. The molecule has 0 saturated carbocycles. The van der Waals surface area contributed by atoms with Crippen LogP contribution >= 0.6 is 0 Å². The van der Waals surface area contributed by atoms with Crippen LogP contribution in [0, 0.1) is 0 Å². The maximum absolute atomic E-state index is 12.3. The second-order valence-corrected chi connectivity index (χ2v) is 8.76. The van der Waals surface area contributed by atoms with E-state index in [-0.39, 0.29) is 5.91 Å². The molecule has 0 radical (unpaired) electrons. The van der Waals surface area contributed by atoms with Crippen molar-refractivity contribution in [3.63, 3.8) is 0 Å². The molecule has 2 aromatic carbocycles. The Morgan fingerprint density at radius 1 is 0.844 bits per heavy atom. The lowest BCUT2D eigenvalue weighted by Gasteiger charge is -2.10. The zero-order valence-electron chi connectivity index (χ0n) is 19.7. The predicted molar refractivity (Wildman–Crippen MR) is 134 cm³/mol. The monoisotopic (exact) mass is 433 g/mol. The summed E-state index contributed by atoms with van der Waals surface area (Å²) in [5.41, 5.74) is 3.30. The van der Waals surface area contributed by atoms with Gasteiger partial charge in [0.1, 0.15) is 5.82 Å². The Balaban J connectivity index is 1.45. The number of aryl methyl sites for hydroxylation is 1. The topological polar surface area (TPSA) is 46.9 Å². The number of imidazole rings is 1. The molecule has 4 heteroatoms. The molecule has 0 spiro atoms. The largest absolute Gasteiger partial charge is 0.355 e. The van der Waals surface area contributed by atoms with E-state index < -0.39 is 0 Å². The number of benzene rings is 2. The number of carbonyl (C=O) groups is 1. The van der Waals surface area contributed by atoms with Crippen molar-refractivity contribution in [1.29, 1.82) is 0 Å². The van der Waals surface area contributed by atoms with Crippen LogP contribution in [0.25, 0.3) is 11.0 Å². The number of unbranched alkanes of at least 4 members (excludes halogenated alkanes) is 8. The van der Waals surface area contributed by atoms with Crippen molar-refractivity contribution in [3.05, 3.63) is 66.0 Å². The number of para-hydroxylation sites is 2. The van der Waals surface area contributed by atoms with Crippen molar-refractivity contribution in [2.75, 3.05) is 6.54 Å². The number of nitrogens with zero attached hydrogens (tertiary/aromatic N) is 2. The van der Waals surface area contributed by atoms with E-state index in [1.807, 2.05) is 36.4 Å². The summed E-state index contributed by atoms with van der Waals surface area (Å²) in [6.07, 6.45) is 13.2. The Hall–Kier alpha value is -2.62. The fourth-order valence-electron chi connectivity index (χ4n) is 4.30. The minimum atomic E-state index is 0.0674. The number of hydrogen-bond acceptors (Lipinski definition) is 2. The summed E-state index contributed by atoms with van der Waals surface area (Å²) in [7, 11) is 0. The Kier molecular flexibility index (Phi) is 10.3. The van der Waals surface area contributed by atoms with Crippen molar-refractivity contribution >= 4 is 16.9 Å². The maximum Gasteiger partial charge on any atom is 0.224 e. The van der Waals surface area contributed by atoms with Crippen molar-refractivity contribution in [2.24, 2.45) is 0 Å². The van der Waals surface area contributed by atoms with Crippen molar-refractivity contribution < 1.29 is 4.79 Å². The van der Waals surface area contributed by atoms with Gasteiger partial charge in [-0.3, -0.25) is 4.79 Å². The number of carbonyl (C=O) groups excluding carboxylic acids is 1. The van der Waals surface area contributed by atoms with Gasteiger partial charge in [0.25, 0.3) is 0 Å². The van der Waals surface area contributed by atoms with Crippen LogP contribution < -0.4 is 5.32 Å². The predicted octanol–water partition coefficient (Wildman–Crippen LogP) is 6.47. The van der Waals surface area contributed by atoms with Gasteiger partial charge in [-0.25, -0.2) is 4.98 Å². The number of hydrogen-bond donors (Lipinski definition) is 1. The van der Waals surface area contributed by atoms with E-state index in [0.29, 0.717) is 13.0 Å². The van der Waals surface area contributed by atoms with E-state index >= 15 is 0 Å². The second kappa shape index (κ2) is 13.7. The fraction of sp³-hybridized carbons (Fsp3) is 0.500. The first-order chi connectivity index (χ1) is 15.8. The third-order valence-electron chi connectivity index (χ3n) is 6.10. The van der Waals surface area contributed by atoms with Crippen LogP contribution in [0.4, 0.5) is 0 Å². The van der Waals surface area contributed by atoms with Gasteiger partial charge in [-0.2, -0.15) is 0 Å². The minimum Gasteiger partial charge on any atom is -0.355 e. The van der Waals surface area contributed by atoms with Crippen LogP contribution in [-0.2, 0) is 24.2 Å². The molecule has 3 rings (SSSR count). The molecule has 4 nitrogen and oxygen atoms in total. The van der Waals surface area contributed by atoms with Gasteiger partial charge >= 0.3 is 0 Å². The Bertz CT molecular complexity index is 932. The average Bonchev–Trinajstić information content (AvgIpc) is 3.16. The van der Waals surface area contributed by atoms with E-state index in [0.717, 1.165) is 29.9 Å². The third kappa shape index (κ3) is 7.81. The Morgan fingerprint density at radius 2 is 1.50 bits per heavy atom. The molecular formula is C28H39N3O. The molecule has 0 atom stereocenters. The second-order valence-electron chi connectivity index (χ2n) is 8.76. The molecule has 0 aliphatic rings. The summed E-state index contributed by atoms with van der Waals surface area (Å²) in [6, 6.07) is 18.3. The standard InChI is InChI=1S/C28H39N3O/c1-2-3-4-5-6-7-8-9-15-22-31-26-19-14-13-18-25(26)30-27(31)20-21-29-28(32)23-24-16-11-10-12-17-24/h10-14,16-19H,2-9,15,20-23H2,1H3,(H,29,32). The zero-order chi connectivity index (χ0) is 22.4. The van der Waals surface area contributed by atoms with Crippen molar-refractivity contribution in [1.82, 2.24) is 14.9 Å². The van der Waals surface area contributed by atoms with Crippen molar-refractivity contribution in [3.8, 4) is 0 Å². The number of nitrogens with one attached hydrogen (secondary N) is 1. The fourth-order valence-corrected chi connectivity index (χ4v) is 4.30. The first-order valence-corrected chi connectivity index (χ1v) is 12.5. The highest BCUT2D eigenvalue weighted by Crippen LogP contribution is 2.18. The quantitative estimate of drug-likeness (QED) is 0.279. The molecule has 32 heavy (non-hydrogen) atoms. The molecule has 1 N–H and O–H groups in total. The van der Waals surface area contributed by atoms with E-state index in [4.69, 9.17) is 4.98 Å². The highest BCUT2D eigenvalue weighted by Gasteiger charge is 2.11. The first kappa shape index (κ1) is 24.0. The minimum absolute atomic E-state index is 0.0674. The SMILES string of the molecule is CCCCCCCCCCCn1c(CCNC(=O)Cc2ccccc2)nc2ccccc21. The maximum atomic E-state index is 12.3. The van der Waals surface area contributed by atoms with Gasteiger partial charge in [0.05, 0.1) is 17.5 Å². The van der Waals surface area contributed by atoms with Crippen LogP contribution in [0.5, 0.6) is 0 Å². The van der Waals surface area contributed by atoms with Gasteiger partial charge in [0.2, 0.25) is 5.91 Å². The van der Waals surface area contributed by atoms with Crippen LogP contribution in [0.3, 0.4) is 0 Å². The normalized spacial score (nSPS) is 11.2. The lowest BCUT2D eigenvalue weighted by atomic mass is 10.1. The summed E-state index contributed by atoms with van der Waals surface area (Å²) < 4.78 is 2.36. The smallest absolute Gasteiger partial charge is 0.224 e. The number of amides is 1. The molecule has 1 heterocycles. The summed E-state index contributed by atoms with van der Waals surface area (Å²) >= 11 is 0. The molecule has 0 unspecified atom stereocenters. The van der Waals surface area contributed by atoms with Crippen LogP contribution in [0.2, 0.25) is 0 Å². The average molecular weight is 434 g/mol. The van der Waals surface area contributed by atoms with E-state index in [2.05, 4.69) is 35.0 Å². The van der Waals surface area contributed by atoms with Crippen LogP contribution in [0.15, 0.2) is 54.6 Å². The summed E-state index contributed by atoms with van der Waals surface area (Å²) in [5.74, 6) is 1.14. The van der Waals surface area contributed by atoms with Gasteiger partial charge in [0, 0.05) is 19.5 Å². The van der Waals surface area contributed by atoms with Crippen molar-refractivity contribution in [2.45, 2.75) is 84.1 Å². The van der Waals surface area contributed by atoms with Gasteiger partial charge in [-0.15, -0.1) is 0 Å². The molecule has 172 valence electrons. The highest BCUT2D eigenvalue weighted by atomic mass is 16.1. The molecule has 0 aliphatic carbocycles. The lowest BCUT2D eigenvalue weighted by molar-refractivity contribution is -0.120. The Morgan fingerprint density at radius 3 is 2.25 bits per heavy atom. The van der Waals surface area contributed by atoms with Crippen LogP contribution in [0.1, 0.15) is 76.1 Å². The van der Waals surface area contributed by atoms with Gasteiger partial charge < -0.3 is 9.88 Å².